The van der Waals surface area contributed by atoms with Crippen molar-refractivity contribution >= 4 is 0 Å². The van der Waals surface area contributed by atoms with E-state index in [1.807, 2.05) is 0 Å². The Morgan fingerprint density at radius 2 is 1.10 bits per heavy atom. The summed E-state index contributed by atoms with van der Waals surface area (Å²) in [6, 6.07) is 17.5. The van der Waals surface area contributed by atoms with E-state index in [0.717, 1.165) is 25.7 Å². The minimum Gasteiger partial charge on any atom is -0.377 e. The average molecular weight is 395 g/mol. The van der Waals surface area contributed by atoms with Gasteiger partial charge in [0.25, 0.3) is 0 Å². The fraction of sp³-hybridized carbons (Fsp3) is 0.538. The monoisotopic (exact) mass is 394 g/mol. The molecule has 0 bridgehead atoms. The van der Waals surface area contributed by atoms with Crippen molar-refractivity contribution in [2.24, 2.45) is 0 Å². The number of fused-ring (bicyclic) bond motifs is 2. The molecule has 156 valence electrons. The lowest BCUT2D eigenvalue weighted by Crippen LogP contribution is -2.23. The summed E-state index contributed by atoms with van der Waals surface area (Å²) in [4.78, 5) is 0. The zero-order chi connectivity index (χ0) is 20.1. The summed E-state index contributed by atoms with van der Waals surface area (Å²) in [6.45, 7) is 7.08. The van der Waals surface area contributed by atoms with E-state index in [9.17, 15) is 0 Å². The molecule has 0 saturated carbocycles. The molecule has 2 aliphatic rings. The van der Waals surface area contributed by atoms with Crippen LogP contribution in [0.25, 0.3) is 0 Å². The lowest BCUT2D eigenvalue weighted by atomic mass is 9.97. The van der Waals surface area contributed by atoms with Crippen LogP contribution in [0.15, 0.2) is 48.5 Å². The normalized spacial score (nSPS) is 25.2. The van der Waals surface area contributed by atoms with Crippen molar-refractivity contribution in [3.8, 4) is 0 Å². The molecule has 0 aliphatic heterocycles. The molecule has 29 heavy (non-hydrogen) atoms. The van der Waals surface area contributed by atoms with Crippen LogP contribution in [0.4, 0.5) is 0 Å². The highest BCUT2D eigenvalue weighted by atomic mass is 16.5. The van der Waals surface area contributed by atoms with Gasteiger partial charge in [-0.25, -0.2) is 0 Å². The fourth-order valence-electron chi connectivity index (χ4n) is 5.22. The van der Waals surface area contributed by atoms with Gasteiger partial charge in [0.15, 0.2) is 0 Å². The lowest BCUT2D eigenvalue weighted by Gasteiger charge is -2.20. The standard InChI is InChI=1S/C26H34O3/c1-3-21-23-11-7-5-9-19(23)17-25(21)28-15-13-27-14-16-29-26-18-20-10-6-8-12-24(20)22(26)4-2/h5-12,21-22,25-26H,3-4,13-18H2,1-2H3/t21-,22-,25+,26+/m0/s1. The molecule has 0 amide bonds. The Hall–Kier alpha value is -1.68. The van der Waals surface area contributed by atoms with Crippen molar-refractivity contribution in [2.45, 2.75) is 63.6 Å². The quantitative estimate of drug-likeness (QED) is 0.514. The molecule has 3 heteroatoms. The van der Waals surface area contributed by atoms with Gasteiger partial charge in [-0.2, -0.15) is 0 Å². The predicted octanol–water partition coefficient (Wildman–Crippen LogP) is 5.27. The van der Waals surface area contributed by atoms with Crippen LogP contribution in [0.1, 0.15) is 60.8 Å². The van der Waals surface area contributed by atoms with Crippen molar-refractivity contribution in [1.29, 1.82) is 0 Å². The second kappa shape index (κ2) is 9.88. The summed E-state index contributed by atoms with van der Waals surface area (Å²) in [5, 5.41) is 0. The van der Waals surface area contributed by atoms with Crippen LogP contribution in [0.2, 0.25) is 0 Å². The Bertz CT molecular complexity index is 722. The highest BCUT2D eigenvalue weighted by Gasteiger charge is 2.32. The maximum absolute atomic E-state index is 6.18. The van der Waals surface area contributed by atoms with Crippen LogP contribution in [0.3, 0.4) is 0 Å². The minimum atomic E-state index is 0.291. The first-order valence-electron chi connectivity index (χ1n) is 11.3. The molecular formula is C26H34O3. The van der Waals surface area contributed by atoms with Crippen LogP contribution in [-0.2, 0) is 27.1 Å². The zero-order valence-corrected chi connectivity index (χ0v) is 17.8. The molecule has 3 nitrogen and oxygen atoms in total. The molecule has 2 aromatic carbocycles. The van der Waals surface area contributed by atoms with Gasteiger partial charge in [0.05, 0.1) is 38.6 Å². The summed E-state index contributed by atoms with van der Waals surface area (Å²) in [5.41, 5.74) is 5.83. The lowest BCUT2D eigenvalue weighted by molar-refractivity contribution is -0.0314. The van der Waals surface area contributed by atoms with E-state index in [0.29, 0.717) is 50.5 Å². The van der Waals surface area contributed by atoms with Gasteiger partial charge in [0.1, 0.15) is 0 Å². The smallest absolute Gasteiger partial charge is 0.0704 e. The highest BCUT2D eigenvalue weighted by Crippen LogP contribution is 2.38. The largest absolute Gasteiger partial charge is 0.377 e. The molecule has 0 saturated heterocycles. The number of benzene rings is 2. The molecule has 4 atom stereocenters. The van der Waals surface area contributed by atoms with Gasteiger partial charge in [-0.15, -0.1) is 0 Å². The second-order valence-electron chi connectivity index (χ2n) is 8.27. The van der Waals surface area contributed by atoms with E-state index in [-0.39, 0.29) is 0 Å². The van der Waals surface area contributed by atoms with Crippen molar-refractivity contribution < 1.29 is 14.2 Å². The van der Waals surface area contributed by atoms with E-state index in [1.165, 1.54) is 22.3 Å². The Labute approximate surface area is 175 Å². The first-order chi connectivity index (χ1) is 14.3. The number of rotatable bonds is 10. The summed E-state index contributed by atoms with van der Waals surface area (Å²) in [6.07, 6.45) is 4.88. The van der Waals surface area contributed by atoms with Gasteiger partial charge in [-0.1, -0.05) is 62.4 Å². The molecular weight excluding hydrogens is 360 g/mol. The van der Waals surface area contributed by atoms with Gasteiger partial charge in [0.2, 0.25) is 0 Å². The molecule has 0 radical (unpaired) electrons. The Morgan fingerprint density at radius 3 is 1.55 bits per heavy atom. The number of ether oxygens (including phenoxy) is 3. The number of hydrogen-bond acceptors (Lipinski definition) is 3. The van der Waals surface area contributed by atoms with Crippen LogP contribution in [0.5, 0.6) is 0 Å². The highest BCUT2D eigenvalue weighted by molar-refractivity contribution is 5.37. The summed E-state index contributed by atoms with van der Waals surface area (Å²) < 4.78 is 18.2. The van der Waals surface area contributed by atoms with Gasteiger partial charge in [-0.05, 0) is 47.9 Å². The van der Waals surface area contributed by atoms with E-state index < -0.39 is 0 Å². The van der Waals surface area contributed by atoms with Crippen LogP contribution in [-0.4, -0.2) is 38.6 Å². The van der Waals surface area contributed by atoms with E-state index in [4.69, 9.17) is 14.2 Å². The molecule has 0 heterocycles. The van der Waals surface area contributed by atoms with Gasteiger partial charge < -0.3 is 14.2 Å². The van der Waals surface area contributed by atoms with Crippen molar-refractivity contribution in [3.63, 3.8) is 0 Å². The third-order valence-electron chi connectivity index (χ3n) is 6.65. The Kier molecular flexibility index (Phi) is 7.02. The van der Waals surface area contributed by atoms with Crippen LogP contribution < -0.4 is 0 Å². The topological polar surface area (TPSA) is 27.7 Å². The van der Waals surface area contributed by atoms with Crippen molar-refractivity contribution in [2.75, 3.05) is 26.4 Å². The van der Waals surface area contributed by atoms with Gasteiger partial charge >= 0.3 is 0 Å². The fourth-order valence-corrected chi connectivity index (χ4v) is 5.22. The molecule has 0 N–H and O–H groups in total. The zero-order valence-electron chi connectivity index (χ0n) is 17.8. The van der Waals surface area contributed by atoms with E-state index >= 15 is 0 Å². The predicted molar refractivity (Wildman–Crippen MR) is 117 cm³/mol. The molecule has 0 spiro atoms. The SMILES string of the molecule is CC[C@H]1c2ccccc2C[C@H]1OCCOCCO[C@@H]1Cc2ccccc2[C@@H]1CC. The first kappa shape index (κ1) is 20.6. The third kappa shape index (κ3) is 4.58. The summed E-state index contributed by atoms with van der Waals surface area (Å²) in [5.74, 6) is 1.04. The molecule has 0 fully saturated rings. The molecule has 2 aliphatic carbocycles. The van der Waals surface area contributed by atoms with Crippen molar-refractivity contribution in [1.82, 2.24) is 0 Å². The third-order valence-corrected chi connectivity index (χ3v) is 6.65. The molecule has 4 rings (SSSR count). The maximum Gasteiger partial charge on any atom is 0.0704 e. The summed E-state index contributed by atoms with van der Waals surface area (Å²) >= 11 is 0. The van der Waals surface area contributed by atoms with Gasteiger partial charge in [0, 0.05) is 11.8 Å². The average Bonchev–Trinajstić information content (AvgIpc) is 3.29. The van der Waals surface area contributed by atoms with E-state index in [1.54, 1.807) is 0 Å². The number of hydrogen-bond donors (Lipinski definition) is 0. The van der Waals surface area contributed by atoms with Gasteiger partial charge in [-0.3, -0.25) is 0 Å². The van der Waals surface area contributed by atoms with Crippen LogP contribution in [0, 0.1) is 0 Å². The maximum atomic E-state index is 6.18. The van der Waals surface area contributed by atoms with Crippen LogP contribution >= 0.6 is 0 Å². The van der Waals surface area contributed by atoms with Crippen molar-refractivity contribution in [3.05, 3.63) is 70.8 Å². The Morgan fingerprint density at radius 1 is 0.655 bits per heavy atom. The molecule has 0 unspecified atom stereocenters. The molecule has 0 aromatic heterocycles. The Balaban J connectivity index is 1.13. The summed E-state index contributed by atoms with van der Waals surface area (Å²) in [7, 11) is 0. The first-order valence-corrected chi connectivity index (χ1v) is 11.3. The minimum absolute atomic E-state index is 0.291. The second-order valence-corrected chi connectivity index (χ2v) is 8.27. The van der Waals surface area contributed by atoms with E-state index in [2.05, 4.69) is 62.4 Å². The molecule has 2 aromatic rings.